The van der Waals surface area contributed by atoms with Crippen molar-refractivity contribution < 1.29 is 19.8 Å². The van der Waals surface area contributed by atoms with E-state index in [1.807, 2.05) is 13.8 Å². The van der Waals surface area contributed by atoms with Gasteiger partial charge in [0.25, 0.3) is 5.91 Å². The zero-order valence-corrected chi connectivity index (χ0v) is 30.7. The van der Waals surface area contributed by atoms with Crippen molar-refractivity contribution in [1.82, 2.24) is 20.9 Å². The van der Waals surface area contributed by atoms with E-state index >= 15 is 0 Å². The summed E-state index contributed by atoms with van der Waals surface area (Å²) >= 11 is 0. The van der Waals surface area contributed by atoms with Gasteiger partial charge in [-0.25, -0.2) is 0 Å². The van der Waals surface area contributed by atoms with Crippen LogP contribution in [-0.4, -0.2) is 75.9 Å². The molecule has 1 unspecified atom stereocenters. The minimum Gasteiger partial charge on any atom is -0.395 e. The highest BCUT2D eigenvalue weighted by Gasteiger charge is 2.32. The molecule has 2 amide bonds. The Balaban J connectivity index is 2.25. The molecule has 266 valence electrons. The van der Waals surface area contributed by atoms with Gasteiger partial charge in [0, 0.05) is 42.4 Å². The van der Waals surface area contributed by atoms with Gasteiger partial charge >= 0.3 is 0 Å². The molecule has 0 aliphatic heterocycles. The second kappa shape index (κ2) is 29.1. The molecule has 0 fully saturated rings. The summed E-state index contributed by atoms with van der Waals surface area (Å²) < 4.78 is -0.398. The van der Waals surface area contributed by atoms with Crippen LogP contribution in [0.4, 0.5) is 0 Å². The molecule has 0 aliphatic rings. The van der Waals surface area contributed by atoms with E-state index in [0.717, 1.165) is 38.5 Å². The van der Waals surface area contributed by atoms with Crippen LogP contribution in [0.15, 0.2) is 97.4 Å². The third-order valence-corrected chi connectivity index (χ3v) is 10.4. The number of hydrogen-bond donors (Lipinski definition) is 5. The molecule has 0 bridgehead atoms. The fraction of sp³-hybridized carbons (Fsp3) is 0.500. The first-order valence-electron chi connectivity index (χ1n) is 17.0. The number of carbonyl (C=O) groups is 2. The van der Waals surface area contributed by atoms with E-state index in [0.29, 0.717) is 37.2 Å². The maximum absolute atomic E-state index is 12.9. The average Bonchev–Trinajstić information content (AvgIpc) is 3.09. The number of nitrogens with zero attached hydrogens (tertiary/aromatic N) is 1. The van der Waals surface area contributed by atoms with Gasteiger partial charge in [-0.05, 0) is 70.9 Å². The zero-order valence-electron chi connectivity index (χ0n) is 29.1. The summed E-state index contributed by atoms with van der Waals surface area (Å²) in [5.74, 6) is 0.508. The van der Waals surface area contributed by atoms with E-state index < -0.39 is 10.8 Å². The molecular formula is C38H58N4O4S2. The Morgan fingerprint density at radius 1 is 0.875 bits per heavy atom. The molecule has 0 saturated heterocycles. The van der Waals surface area contributed by atoms with Crippen LogP contribution in [0, 0.1) is 0 Å². The SMILES string of the molecule is CC/C=C\C/C=C\C/C=C\C/C=C\C/C=C\C/C=C\CCC(=O)NCCSSC(C)(C)C(CNC(CO)CO)NC(=O)c1cccnc1. The van der Waals surface area contributed by atoms with Crippen molar-refractivity contribution in [2.45, 2.75) is 89.0 Å². The lowest BCUT2D eigenvalue weighted by atomic mass is 10.0. The first-order valence-corrected chi connectivity index (χ1v) is 19.3. The summed E-state index contributed by atoms with van der Waals surface area (Å²) in [4.78, 5) is 29.1. The molecule has 1 heterocycles. The summed E-state index contributed by atoms with van der Waals surface area (Å²) in [5.41, 5.74) is 0.462. The van der Waals surface area contributed by atoms with Gasteiger partial charge in [0.05, 0.1) is 30.9 Å². The van der Waals surface area contributed by atoms with Crippen molar-refractivity contribution >= 4 is 33.4 Å². The number of aromatic nitrogens is 1. The average molecular weight is 699 g/mol. The van der Waals surface area contributed by atoms with Crippen LogP contribution < -0.4 is 16.0 Å². The van der Waals surface area contributed by atoms with Crippen LogP contribution in [0.25, 0.3) is 0 Å². The number of amides is 2. The molecule has 1 aromatic heterocycles. The highest BCUT2D eigenvalue weighted by Crippen LogP contribution is 2.38. The van der Waals surface area contributed by atoms with Crippen molar-refractivity contribution in [3.05, 3.63) is 103 Å². The van der Waals surface area contributed by atoms with Crippen LogP contribution in [0.1, 0.15) is 82.5 Å². The molecule has 0 saturated carbocycles. The van der Waals surface area contributed by atoms with Crippen molar-refractivity contribution in [2.75, 3.05) is 32.1 Å². The predicted molar refractivity (Wildman–Crippen MR) is 206 cm³/mol. The standard InChI is InChI=1S/C38H58N4O4S2/c1-4-5-6-7-8-9-10-11-12-13-14-15-16-17-18-19-20-21-22-25-36(45)40-27-28-47-48-38(2,3)35(30-41-34(31-43)32-44)42-37(46)33-24-23-26-39-29-33/h5-6,8-9,11-12,14-15,17-18,20-21,23-24,26,29,34-35,41,43-44H,4,7,10,13,16,19,22,25,27-28,30-32H2,1-3H3,(H,40,45)(H,42,46)/b6-5-,9-8-,12-11-,15-14-,18-17-,21-20-. The second-order valence-electron chi connectivity index (χ2n) is 11.6. The van der Waals surface area contributed by atoms with Gasteiger partial charge in [0.15, 0.2) is 0 Å². The van der Waals surface area contributed by atoms with Crippen molar-refractivity contribution in [2.24, 2.45) is 0 Å². The molecule has 10 heteroatoms. The summed E-state index contributed by atoms with van der Waals surface area (Å²) in [6, 6.07) is 2.64. The lowest BCUT2D eigenvalue weighted by Crippen LogP contribution is -2.55. The van der Waals surface area contributed by atoms with E-state index in [-0.39, 0.29) is 31.1 Å². The third-order valence-electron chi connectivity index (χ3n) is 7.04. The molecule has 0 spiro atoms. The maximum Gasteiger partial charge on any atom is 0.253 e. The summed E-state index contributed by atoms with van der Waals surface area (Å²) in [5, 5.41) is 28.1. The van der Waals surface area contributed by atoms with Crippen molar-refractivity contribution in [1.29, 1.82) is 0 Å². The van der Waals surface area contributed by atoms with E-state index in [1.54, 1.807) is 39.9 Å². The number of pyridine rings is 1. The smallest absolute Gasteiger partial charge is 0.253 e. The van der Waals surface area contributed by atoms with E-state index in [1.165, 1.54) is 6.20 Å². The molecule has 0 radical (unpaired) electrons. The molecule has 5 N–H and O–H groups in total. The summed E-state index contributed by atoms with van der Waals surface area (Å²) in [6.45, 7) is 6.73. The maximum atomic E-state index is 12.9. The zero-order chi connectivity index (χ0) is 35.1. The Kier molecular flexibility index (Phi) is 26.1. The van der Waals surface area contributed by atoms with Crippen molar-refractivity contribution in [3.8, 4) is 0 Å². The van der Waals surface area contributed by atoms with Crippen molar-refractivity contribution in [3.63, 3.8) is 0 Å². The van der Waals surface area contributed by atoms with Crippen LogP contribution in [0.3, 0.4) is 0 Å². The van der Waals surface area contributed by atoms with Gasteiger partial charge in [0.2, 0.25) is 5.91 Å². The number of aliphatic hydroxyl groups is 2. The quantitative estimate of drug-likeness (QED) is 0.0383. The van der Waals surface area contributed by atoms with Crippen LogP contribution >= 0.6 is 21.6 Å². The van der Waals surface area contributed by atoms with E-state index in [2.05, 4.69) is 101 Å². The lowest BCUT2D eigenvalue weighted by molar-refractivity contribution is -0.120. The second-order valence-corrected chi connectivity index (χ2v) is 14.6. The molecule has 1 aromatic rings. The molecule has 0 aromatic carbocycles. The highest BCUT2D eigenvalue weighted by atomic mass is 33.1. The number of nitrogens with one attached hydrogen (secondary N) is 3. The van der Waals surface area contributed by atoms with Gasteiger partial charge in [-0.15, -0.1) is 0 Å². The summed E-state index contributed by atoms with van der Waals surface area (Å²) in [7, 11) is 3.25. The molecule has 1 atom stereocenters. The Hall–Kier alpha value is -2.89. The Morgan fingerprint density at radius 2 is 1.44 bits per heavy atom. The van der Waals surface area contributed by atoms with Gasteiger partial charge in [-0.2, -0.15) is 0 Å². The Bertz CT molecular complexity index is 1160. The van der Waals surface area contributed by atoms with Crippen LogP contribution in [0.2, 0.25) is 0 Å². The van der Waals surface area contributed by atoms with Gasteiger partial charge < -0.3 is 26.2 Å². The first kappa shape index (κ1) is 43.1. The van der Waals surface area contributed by atoms with Gasteiger partial charge in [-0.3, -0.25) is 14.6 Å². The number of allylic oxidation sites excluding steroid dienone is 12. The summed E-state index contributed by atoms with van der Waals surface area (Å²) in [6.07, 6.45) is 36.1. The normalized spacial score (nSPS) is 13.4. The highest BCUT2D eigenvalue weighted by molar-refractivity contribution is 8.77. The van der Waals surface area contributed by atoms with Crippen LogP contribution in [-0.2, 0) is 4.79 Å². The Morgan fingerprint density at radius 3 is 1.96 bits per heavy atom. The topological polar surface area (TPSA) is 124 Å². The minimum atomic E-state index is -0.473. The third kappa shape index (κ3) is 22.6. The predicted octanol–water partition coefficient (Wildman–Crippen LogP) is 6.88. The molecule has 8 nitrogen and oxygen atoms in total. The largest absolute Gasteiger partial charge is 0.395 e. The van der Waals surface area contributed by atoms with Gasteiger partial charge in [-0.1, -0.05) is 101 Å². The number of hydrogen-bond acceptors (Lipinski definition) is 8. The molecule has 48 heavy (non-hydrogen) atoms. The number of carbonyl (C=O) groups excluding carboxylic acids is 2. The molecule has 1 rings (SSSR count). The lowest BCUT2D eigenvalue weighted by Gasteiger charge is -2.35. The number of rotatable bonds is 27. The van der Waals surface area contributed by atoms with E-state index in [9.17, 15) is 19.8 Å². The monoisotopic (exact) mass is 698 g/mol. The minimum absolute atomic E-state index is 0.0317. The first-order chi connectivity index (χ1) is 23.3. The number of aliphatic hydroxyl groups excluding tert-OH is 2. The Labute approximate surface area is 297 Å². The van der Waals surface area contributed by atoms with E-state index in [4.69, 9.17) is 0 Å². The molecule has 0 aliphatic carbocycles. The van der Waals surface area contributed by atoms with Crippen LogP contribution in [0.5, 0.6) is 0 Å². The van der Waals surface area contributed by atoms with Gasteiger partial charge in [0.1, 0.15) is 0 Å². The molecular weight excluding hydrogens is 641 g/mol. The fourth-order valence-corrected chi connectivity index (χ4v) is 6.70. The fourth-order valence-electron chi connectivity index (χ4n) is 4.11.